The Bertz CT molecular complexity index is 2570. The molecule has 0 spiro atoms. The van der Waals surface area contributed by atoms with Crippen molar-refractivity contribution in [3.05, 3.63) is 163 Å². The molecule has 17 nitrogen and oxygen atoms in total. The maximum absolute atomic E-state index is 14.0. The molecule has 0 bridgehead atoms. The topological polar surface area (TPSA) is 206 Å². The van der Waals surface area contributed by atoms with Gasteiger partial charge in [-0.3, -0.25) is 34.0 Å². The third-order valence-electron chi connectivity index (χ3n) is 13.1. The van der Waals surface area contributed by atoms with Crippen LogP contribution in [0.4, 0.5) is 5.69 Å². The van der Waals surface area contributed by atoms with Crippen molar-refractivity contribution in [3.63, 3.8) is 0 Å². The predicted molar refractivity (Wildman–Crippen MR) is 267 cm³/mol. The van der Waals surface area contributed by atoms with Crippen molar-refractivity contribution >= 4 is 25.9 Å². The van der Waals surface area contributed by atoms with Crippen molar-refractivity contribution in [2.24, 2.45) is 0 Å². The molecule has 1 aliphatic heterocycles. The molecule has 4 atom stereocenters. The van der Waals surface area contributed by atoms with Gasteiger partial charge in [-0.2, -0.15) is 0 Å². The van der Waals surface area contributed by atoms with Gasteiger partial charge in [0.2, 0.25) is 8.32 Å². The van der Waals surface area contributed by atoms with Gasteiger partial charge in [-0.1, -0.05) is 103 Å². The minimum absolute atomic E-state index is 0.0444. The lowest BCUT2D eigenvalue weighted by molar-refractivity contribution is -0.384. The molecular weight excluding hydrogens is 931 g/mol. The van der Waals surface area contributed by atoms with Gasteiger partial charge in [0.1, 0.15) is 41.9 Å². The Labute approximate surface area is 414 Å². The third-order valence-corrected chi connectivity index (χ3v) is 19.2. The number of benzene rings is 4. The van der Waals surface area contributed by atoms with Crippen LogP contribution in [0.25, 0.3) is 0 Å². The number of hydrogen-bond acceptors (Lipinski definition) is 14. The van der Waals surface area contributed by atoms with Crippen LogP contribution in [0.1, 0.15) is 96.6 Å². The van der Waals surface area contributed by atoms with E-state index >= 15 is 0 Å². The number of rotatable bonds is 25. The first-order valence-electron chi connectivity index (χ1n) is 23.9. The summed E-state index contributed by atoms with van der Waals surface area (Å²) in [6.07, 6.45) is -2.14. The number of nitrogens with one attached hydrogen (secondary N) is 1. The summed E-state index contributed by atoms with van der Waals surface area (Å²) in [6.45, 7) is 12.6. The van der Waals surface area contributed by atoms with Crippen LogP contribution in [-0.2, 0) is 38.6 Å². The standard InChI is InChI=1S/C53H65N3O14Si/c1-35(2)71(36(3)4,37(5)6)67-34-65-49-45(33-66-53(38-15-11-9-12-16-38,39-19-25-42(63-7)26-20-39)40-21-27-43(64-8)28-22-40)69-51(55-32-31-46(57)54-52(55)60)50(49)70-48(59)18-14-10-13-17-47(58)68-44-29-23-41(24-30-44)56(61)62/h9,11-12,15-16,19-32,35-37,45,49-51H,10,13-14,17-18,33-34H2,1-8H3,(H,54,57,60)/t45-,49-,50-,51-/m1/s1. The summed E-state index contributed by atoms with van der Waals surface area (Å²) in [5.41, 5.74) is 0.124. The lowest BCUT2D eigenvalue weighted by Gasteiger charge is -2.42. The molecule has 5 aromatic rings. The average molecular weight is 996 g/mol. The van der Waals surface area contributed by atoms with Crippen molar-refractivity contribution in [2.45, 2.75) is 120 Å². The number of unbranched alkanes of at least 4 members (excludes halogenated alkanes) is 2. The molecule has 18 heteroatoms. The molecule has 71 heavy (non-hydrogen) atoms. The molecule has 0 unspecified atom stereocenters. The number of aromatic nitrogens is 2. The number of esters is 2. The van der Waals surface area contributed by atoms with Gasteiger partial charge in [0, 0.05) is 37.2 Å². The van der Waals surface area contributed by atoms with Crippen LogP contribution in [0.2, 0.25) is 16.6 Å². The highest BCUT2D eigenvalue weighted by Gasteiger charge is 2.52. The van der Waals surface area contributed by atoms with E-state index in [1.54, 1.807) is 14.2 Å². The highest BCUT2D eigenvalue weighted by atomic mass is 28.4. The largest absolute Gasteiger partial charge is 0.497 e. The third kappa shape index (κ3) is 12.7. The molecule has 0 amide bonds. The lowest BCUT2D eigenvalue weighted by atomic mass is 9.80. The monoisotopic (exact) mass is 995 g/mol. The van der Waals surface area contributed by atoms with Gasteiger partial charge >= 0.3 is 17.6 Å². The first-order valence-corrected chi connectivity index (χ1v) is 26.0. The maximum atomic E-state index is 14.0. The number of nitrogens with zero attached hydrogens (tertiary/aromatic N) is 2. The number of H-pyrrole nitrogens is 1. The van der Waals surface area contributed by atoms with E-state index in [1.165, 1.54) is 41.1 Å². The minimum atomic E-state index is -2.51. The predicted octanol–water partition coefficient (Wildman–Crippen LogP) is 9.37. The van der Waals surface area contributed by atoms with Gasteiger partial charge in [0.05, 0.1) is 25.7 Å². The lowest BCUT2D eigenvalue weighted by Crippen LogP contribution is -2.49. The van der Waals surface area contributed by atoms with Gasteiger partial charge in [-0.05, 0) is 82.6 Å². The number of nitro benzene ring substituents is 1. The number of aromatic amines is 1. The summed E-state index contributed by atoms with van der Waals surface area (Å²) >= 11 is 0. The summed E-state index contributed by atoms with van der Waals surface area (Å²) in [6, 6.07) is 31.2. The highest BCUT2D eigenvalue weighted by Crippen LogP contribution is 2.45. The van der Waals surface area contributed by atoms with Crippen LogP contribution in [-0.4, -0.2) is 80.7 Å². The quantitative estimate of drug-likeness (QED) is 0.00846. The molecule has 1 saturated heterocycles. The Balaban J connectivity index is 1.32. The van der Waals surface area contributed by atoms with Crippen LogP contribution in [0, 0.1) is 10.1 Å². The van der Waals surface area contributed by atoms with Crippen molar-refractivity contribution < 1.29 is 52.1 Å². The molecule has 1 aliphatic rings. The van der Waals surface area contributed by atoms with E-state index < -0.39 is 66.6 Å². The van der Waals surface area contributed by atoms with Crippen LogP contribution in [0.15, 0.2) is 125 Å². The molecule has 0 saturated carbocycles. The second-order valence-corrected chi connectivity index (χ2v) is 23.8. The van der Waals surface area contributed by atoms with Gasteiger partial charge < -0.3 is 37.6 Å². The SMILES string of the molecule is COc1ccc(C(OC[C@H]2O[C@@H](n3ccc(=O)[nH]c3=O)[C@H](OC(=O)CCCCCC(=O)Oc3ccc([N+](=O)[O-])cc3)[C@@H]2OCO[Si](C(C)C)(C(C)C)C(C)C)(c2ccccc2)c2ccc(OC)cc2)cc1. The van der Waals surface area contributed by atoms with E-state index in [1.807, 2.05) is 78.9 Å². The van der Waals surface area contributed by atoms with Crippen LogP contribution in [0.5, 0.6) is 17.2 Å². The average Bonchev–Trinajstić information content (AvgIpc) is 3.68. The number of carbonyl (C=O) groups is 2. The van der Waals surface area contributed by atoms with Crippen LogP contribution in [0.3, 0.4) is 0 Å². The van der Waals surface area contributed by atoms with Gasteiger partial charge in [0.25, 0.3) is 11.2 Å². The van der Waals surface area contributed by atoms with Crippen LogP contribution >= 0.6 is 0 Å². The van der Waals surface area contributed by atoms with E-state index in [2.05, 4.69) is 46.5 Å². The second-order valence-electron chi connectivity index (χ2n) is 18.3. The molecular formula is C53H65N3O14Si. The molecule has 1 fully saturated rings. The van der Waals surface area contributed by atoms with Crippen molar-refractivity contribution in [3.8, 4) is 17.2 Å². The Hall–Kier alpha value is -6.44. The summed E-state index contributed by atoms with van der Waals surface area (Å²) in [4.78, 5) is 65.2. The smallest absolute Gasteiger partial charge is 0.330 e. The number of nitro groups is 1. The maximum Gasteiger partial charge on any atom is 0.330 e. The van der Waals surface area contributed by atoms with E-state index in [4.69, 9.17) is 37.6 Å². The first-order chi connectivity index (χ1) is 34.0. The number of methoxy groups -OCH3 is 2. The van der Waals surface area contributed by atoms with E-state index in [9.17, 15) is 29.3 Å². The van der Waals surface area contributed by atoms with E-state index in [0.29, 0.717) is 30.8 Å². The Kier molecular flexibility index (Phi) is 18.7. The highest BCUT2D eigenvalue weighted by molar-refractivity contribution is 6.77. The summed E-state index contributed by atoms with van der Waals surface area (Å²) in [7, 11) is 0.680. The van der Waals surface area contributed by atoms with Gasteiger partial charge in [-0.25, -0.2) is 4.79 Å². The van der Waals surface area contributed by atoms with Crippen molar-refractivity contribution in [1.29, 1.82) is 0 Å². The number of non-ortho nitro benzene ring substituents is 1. The summed E-state index contributed by atoms with van der Waals surface area (Å²) < 4.78 is 51.6. The van der Waals surface area contributed by atoms with Crippen molar-refractivity contribution in [1.82, 2.24) is 9.55 Å². The Morgan fingerprint density at radius 1 is 0.718 bits per heavy atom. The molecule has 380 valence electrons. The Morgan fingerprint density at radius 2 is 1.25 bits per heavy atom. The first kappa shape index (κ1) is 53.9. The number of hydrogen-bond donors (Lipinski definition) is 1. The molecule has 2 heterocycles. The summed E-state index contributed by atoms with van der Waals surface area (Å²) in [5.74, 6) is 0.327. The fourth-order valence-corrected chi connectivity index (χ4v) is 15.0. The van der Waals surface area contributed by atoms with Crippen molar-refractivity contribution in [2.75, 3.05) is 27.6 Å². The van der Waals surface area contributed by atoms with E-state index in [-0.39, 0.29) is 54.3 Å². The van der Waals surface area contributed by atoms with Gasteiger partial charge in [0.15, 0.2) is 12.3 Å². The van der Waals surface area contributed by atoms with Crippen LogP contribution < -0.4 is 25.5 Å². The zero-order chi connectivity index (χ0) is 51.3. The summed E-state index contributed by atoms with van der Waals surface area (Å²) in [5, 5.41) is 11.0. The van der Waals surface area contributed by atoms with E-state index in [0.717, 1.165) is 16.7 Å². The minimum Gasteiger partial charge on any atom is -0.497 e. The zero-order valence-electron chi connectivity index (χ0n) is 41.6. The fourth-order valence-electron chi connectivity index (χ4n) is 9.76. The Morgan fingerprint density at radius 3 is 1.77 bits per heavy atom. The second kappa shape index (κ2) is 24.6. The molecule has 0 aliphatic carbocycles. The van der Waals surface area contributed by atoms with Gasteiger partial charge in [-0.15, -0.1) is 0 Å². The molecule has 1 aromatic heterocycles. The molecule has 6 rings (SSSR count). The number of ether oxygens (including phenoxy) is 7. The molecule has 1 N–H and O–H groups in total. The zero-order valence-corrected chi connectivity index (χ0v) is 42.6. The molecule has 0 radical (unpaired) electrons. The molecule has 4 aromatic carbocycles. The number of carbonyl (C=O) groups excluding carboxylic acids is 2. The fraction of sp³-hybridized carbons (Fsp3) is 0.434. The normalized spacial score (nSPS) is 17.1.